The quantitative estimate of drug-likeness (QED) is 0.331. The van der Waals surface area contributed by atoms with Gasteiger partial charge >= 0.3 is 5.97 Å². The molecule has 1 aromatic rings. The van der Waals surface area contributed by atoms with Gasteiger partial charge in [-0.25, -0.2) is 4.79 Å². The second-order valence-corrected chi connectivity index (χ2v) is 7.67. The third kappa shape index (κ3) is 6.01. The number of hydrogen-bond acceptors (Lipinski definition) is 6. The highest BCUT2D eigenvalue weighted by Gasteiger charge is 2.36. The maximum Gasteiger partial charge on any atom is 0.338 e. The van der Waals surface area contributed by atoms with Crippen LogP contribution in [0.2, 0.25) is 0 Å². The highest BCUT2D eigenvalue weighted by Crippen LogP contribution is 2.39. The summed E-state index contributed by atoms with van der Waals surface area (Å²) in [6.45, 7) is 9.23. The van der Waals surface area contributed by atoms with Crippen LogP contribution in [0.3, 0.4) is 0 Å². The lowest BCUT2D eigenvalue weighted by molar-refractivity contribution is -0.396. The molecule has 0 unspecified atom stereocenters. The van der Waals surface area contributed by atoms with Gasteiger partial charge < -0.3 is 4.74 Å². The van der Waals surface area contributed by atoms with Crippen LogP contribution in [-0.4, -0.2) is 22.4 Å². The zero-order chi connectivity index (χ0) is 20.8. The van der Waals surface area contributed by atoms with Gasteiger partial charge in [-0.15, -0.1) is 0 Å². The molecular formula is C19H28N2O6. The Balaban J connectivity index is 3.23. The average molecular weight is 380 g/mol. The van der Waals surface area contributed by atoms with Crippen molar-refractivity contribution in [3.05, 3.63) is 43.5 Å². The van der Waals surface area contributed by atoms with Crippen LogP contribution >= 0.6 is 0 Å². The molecular weight excluding hydrogens is 352 g/mol. The summed E-state index contributed by atoms with van der Waals surface area (Å²) < 4.78 is 5.29. The van der Waals surface area contributed by atoms with E-state index < -0.39 is 32.6 Å². The molecule has 0 amide bonds. The average Bonchev–Trinajstić information content (AvgIpc) is 2.59. The molecule has 0 N–H and O–H groups in total. The van der Waals surface area contributed by atoms with Crippen LogP contribution in [0.5, 0.6) is 0 Å². The standard InChI is InChI=1S/C19H28N2O6/c1-6-8-9-13(7-2)12-27-18(22)14-10-15(20(23)24)17(19(3,4)5)16(11-14)21(25)26/h10-11,13H,6-9,12H2,1-5H3/t13-/m0/s1. The van der Waals surface area contributed by atoms with E-state index in [1.54, 1.807) is 20.8 Å². The normalized spacial score (nSPS) is 12.5. The molecule has 8 heteroatoms. The summed E-state index contributed by atoms with van der Waals surface area (Å²) in [5.41, 5.74) is -1.90. The van der Waals surface area contributed by atoms with Crippen molar-refractivity contribution in [3.8, 4) is 0 Å². The number of esters is 1. The molecule has 0 bridgehead atoms. The molecule has 0 fully saturated rings. The van der Waals surface area contributed by atoms with E-state index in [2.05, 4.69) is 6.92 Å². The molecule has 0 saturated carbocycles. The summed E-state index contributed by atoms with van der Waals surface area (Å²) in [5, 5.41) is 23.0. The number of benzene rings is 1. The zero-order valence-electron chi connectivity index (χ0n) is 16.6. The number of rotatable bonds is 9. The minimum absolute atomic E-state index is 0.0107. The minimum Gasteiger partial charge on any atom is -0.462 e. The number of ether oxygens (including phenoxy) is 1. The Labute approximate surface area is 159 Å². The molecule has 0 saturated heterocycles. The van der Waals surface area contributed by atoms with Crippen LogP contribution in [0, 0.1) is 26.1 Å². The van der Waals surface area contributed by atoms with Gasteiger partial charge in [0.15, 0.2) is 0 Å². The molecule has 1 rings (SSSR count). The molecule has 0 aliphatic carbocycles. The van der Waals surface area contributed by atoms with Crippen molar-refractivity contribution in [2.24, 2.45) is 5.92 Å². The van der Waals surface area contributed by atoms with Gasteiger partial charge in [0, 0.05) is 17.5 Å². The lowest BCUT2D eigenvalue weighted by Gasteiger charge is -2.19. The summed E-state index contributed by atoms with van der Waals surface area (Å²) in [6, 6.07) is 2.14. The smallest absolute Gasteiger partial charge is 0.338 e. The van der Waals surface area contributed by atoms with Crippen molar-refractivity contribution in [2.75, 3.05) is 6.61 Å². The Morgan fingerprint density at radius 1 is 1.11 bits per heavy atom. The van der Waals surface area contributed by atoms with Gasteiger partial charge in [-0.3, -0.25) is 20.2 Å². The van der Waals surface area contributed by atoms with Crippen LogP contribution < -0.4 is 0 Å². The topological polar surface area (TPSA) is 113 Å². The minimum atomic E-state index is -0.833. The predicted molar refractivity (Wildman–Crippen MR) is 102 cm³/mol. The van der Waals surface area contributed by atoms with E-state index in [0.29, 0.717) is 0 Å². The first kappa shape index (κ1) is 22.5. The number of nitro groups is 2. The van der Waals surface area contributed by atoms with E-state index in [1.807, 2.05) is 6.92 Å². The maximum atomic E-state index is 12.4. The Hall–Kier alpha value is -2.51. The van der Waals surface area contributed by atoms with Gasteiger partial charge in [0.25, 0.3) is 11.4 Å². The number of unbranched alkanes of at least 4 members (excludes halogenated alkanes) is 1. The summed E-state index contributed by atoms with van der Waals surface area (Å²) in [4.78, 5) is 34.0. The summed E-state index contributed by atoms with van der Waals surface area (Å²) >= 11 is 0. The Morgan fingerprint density at radius 3 is 2.00 bits per heavy atom. The van der Waals surface area contributed by atoms with Crippen molar-refractivity contribution in [1.82, 2.24) is 0 Å². The Bertz CT molecular complexity index is 674. The zero-order valence-corrected chi connectivity index (χ0v) is 16.6. The Morgan fingerprint density at radius 2 is 1.63 bits per heavy atom. The van der Waals surface area contributed by atoms with E-state index in [4.69, 9.17) is 4.74 Å². The number of hydrogen-bond donors (Lipinski definition) is 0. The van der Waals surface area contributed by atoms with Crippen LogP contribution in [0.4, 0.5) is 11.4 Å². The van der Waals surface area contributed by atoms with Gasteiger partial charge in [0.2, 0.25) is 0 Å². The lowest BCUT2D eigenvalue weighted by atomic mass is 9.83. The largest absolute Gasteiger partial charge is 0.462 e. The highest BCUT2D eigenvalue weighted by molar-refractivity contribution is 5.91. The first-order valence-electron chi connectivity index (χ1n) is 9.17. The number of nitro benzene ring substituents is 2. The van der Waals surface area contributed by atoms with Gasteiger partial charge in [-0.05, 0) is 12.3 Å². The van der Waals surface area contributed by atoms with Gasteiger partial charge in [0.05, 0.1) is 22.0 Å². The first-order valence-corrected chi connectivity index (χ1v) is 9.17. The monoisotopic (exact) mass is 380 g/mol. The third-order valence-electron chi connectivity index (χ3n) is 4.47. The summed E-state index contributed by atoms with van der Waals surface area (Å²) in [7, 11) is 0. The molecule has 0 heterocycles. The van der Waals surface area contributed by atoms with E-state index in [1.165, 1.54) is 0 Å². The molecule has 0 aromatic heterocycles. The van der Waals surface area contributed by atoms with Crippen molar-refractivity contribution in [2.45, 2.75) is 65.7 Å². The van der Waals surface area contributed by atoms with Crippen molar-refractivity contribution in [1.29, 1.82) is 0 Å². The number of nitrogens with zero attached hydrogens (tertiary/aromatic N) is 2. The lowest BCUT2D eigenvalue weighted by Crippen LogP contribution is -2.19. The van der Waals surface area contributed by atoms with E-state index >= 15 is 0 Å². The van der Waals surface area contributed by atoms with Crippen molar-refractivity contribution >= 4 is 17.3 Å². The molecule has 1 atom stereocenters. The second-order valence-electron chi connectivity index (χ2n) is 7.67. The molecule has 0 aliphatic heterocycles. The molecule has 0 radical (unpaired) electrons. The number of carbonyl (C=O) groups is 1. The van der Waals surface area contributed by atoms with Crippen molar-refractivity contribution in [3.63, 3.8) is 0 Å². The molecule has 1 aromatic carbocycles. The first-order chi connectivity index (χ1) is 12.5. The van der Waals surface area contributed by atoms with Gasteiger partial charge in [0.1, 0.15) is 5.56 Å². The molecule has 27 heavy (non-hydrogen) atoms. The second kappa shape index (κ2) is 9.43. The van der Waals surface area contributed by atoms with Gasteiger partial charge in [-0.2, -0.15) is 0 Å². The predicted octanol–water partition coefficient (Wildman–Crippen LogP) is 5.17. The van der Waals surface area contributed by atoms with Gasteiger partial charge in [-0.1, -0.05) is 53.9 Å². The van der Waals surface area contributed by atoms with Crippen molar-refractivity contribution < 1.29 is 19.4 Å². The molecule has 0 aliphatic rings. The fourth-order valence-corrected chi connectivity index (χ4v) is 2.96. The summed E-state index contributed by atoms with van der Waals surface area (Å²) in [5.74, 6) is -0.579. The fourth-order valence-electron chi connectivity index (χ4n) is 2.96. The van der Waals surface area contributed by atoms with Crippen LogP contribution in [0.15, 0.2) is 12.1 Å². The van der Waals surface area contributed by atoms with E-state index in [-0.39, 0.29) is 23.7 Å². The third-order valence-corrected chi connectivity index (χ3v) is 4.47. The number of carbonyl (C=O) groups excluding carboxylic acids is 1. The SMILES string of the molecule is CCCC[C@H](CC)COC(=O)c1cc([N+](=O)[O-])c(C(C)(C)C)c([N+](=O)[O-])c1. The molecule has 8 nitrogen and oxygen atoms in total. The maximum absolute atomic E-state index is 12.4. The Kier molecular flexibility index (Phi) is 7.87. The van der Waals surface area contributed by atoms with Crippen LogP contribution in [-0.2, 0) is 10.2 Å². The van der Waals surface area contributed by atoms with E-state index in [9.17, 15) is 25.0 Å². The molecule has 0 spiro atoms. The molecule has 150 valence electrons. The highest BCUT2D eigenvalue weighted by atomic mass is 16.6. The fraction of sp³-hybridized carbons (Fsp3) is 0.632. The summed E-state index contributed by atoms with van der Waals surface area (Å²) in [6.07, 6.45) is 3.82. The van der Waals surface area contributed by atoms with E-state index in [0.717, 1.165) is 37.8 Å². The van der Waals surface area contributed by atoms with Crippen LogP contribution in [0.25, 0.3) is 0 Å². The van der Waals surface area contributed by atoms with Crippen LogP contribution in [0.1, 0.15) is 76.2 Å².